The molecule has 1 atom stereocenters. The largest absolute Gasteiger partial charge is 0.465 e. The number of ether oxygens (including phenoxy) is 2. The van der Waals surface area contributed by atoms with Crippen molar-refractivity contribution in [1.29, 1.82) is 0 Å². The molecule has 1 aromatic rings. The zero-order chi connectivity index (χ0) is 16.0. The number of rotatable bonds is 4. The van der Waals surface area contributed by atoms with Gasteiger partial charge in [0.25, 0.3) is 0 Å². The summed E-state index contributed by atoms with van der Waals surface area (Å²) in [6.07, 6.45) is -0.612. The SMILES string of the molecule is COC(=O)c1ccc([C@@H](CO)NC(=O)OC(C)(C)C)cc1. The Kier molecular flexibility index (Phi) is 5.72. The van der Waals surface area contributed by atoms with Crippen LogP contribution >= 0.6 is 0 Å². The summed E-state index contributed by atoms with van der Waals surface area (Å²) in [5.74, 6) is -0.442. The molecule has 0 aliphatic rings. The van der Waals surface area contributed by atoms with E-state index in [1.807, 2.05) is 0 Å². The Labute approximate surface area is 124 Å². The number of alkyl carbamates (subject to hydrolysis) is 1. The molecule has 0 aliphatic heterocycles. The second-order valence-electron chi connectivity index (χ2n) is 5.49. The fraction of sp³-hybridized carbons (Fsp3) is 0.467. The molecule has 0 heterocycles. The topological polar surface area (TPSA) is 84.9 Å². The van der Waals surface area contributed by atoms with Crippen LogP contribution in [0, 0.1) is 0 Å². The third-order valence-corrected chi connectivity index (χ3v) is 2.61. The van der Waals surface area contributed by atoms with E-state index in [4.69, 9.17) is 4.74 Å². The minimum Gasteiger partial charge on any atom is -0.465 e. The van der Waals surface area contributed by atoms with Crippen molar-refractivity contribution in [2.24, 2.45) is 0 Å². The van der Waals surface area contributed by atoms with Crippen molar-refractivity contribution in [1.82, 2.24) is 5.32 Å². The molecule has 2 N–H and O–H groups in total. The Balaban J connectivity index is 2.76. The molecule has 21 heavy (non-hydrogen) atoms. The van der Waals surface area contributed by atoms with Gasteiger partial charge in [0, 0.05) is 0 Å². The number of nitrogens with one attached hydrogen (secondary N) is 1. The van der Waals surface area contributed by atoms with Crippen molar-refractivity contribution in [2.45, 2.75) is 32.4 Å². The fourth-order valence-corrected chi connectivity index (χ4v) is 1.65. The smallest absolute Gasteiger partial charge is 0.408 e. The number of carbonyl (C=O) groups excluding carboxylic acids is 2. The summed E-state index contributed by atoms with van der Waals surface area (Å²) in [4.78, 5) is 23.0. The summed E-state index contributed by atoms with van der Waals surface area (Å²) in [7, 11) is 1.30. The van der Waals surface area contributed by atoms with E-state index in [1.165, 1.54) is 7.11 Å². The van der Waals surface area contributed by atoms with Crippen molar-refractivity contribution in [2.75, 3.05) is 13.7 Å². The lowest BCUT2D eigenvalue weighted by Crippen LogP contribution is -2.36. The van der Waals surface area contributed by atoms with Crippen LogP contribution in [-0.4, -0.2) is 36.5 Å². The van der Waals surface area contributed by atoms with Crippen LogP contribution < -0.4 is 5.32 Å². The highest BCUT2D eigenvalue weighted by Crippen LogP contribution is 2.15. The first-order valence-electron chi connectivity index (χ1n) is 6.55. The molecule has 0 bridgehead atoms. The lowest BCUT2D eigenvalue weighted by atomic mass is 10.1. The van der Waals surface area contributed by atoms with Gasteiger partial charge in [0.15, 0.2) is 0 Å². The normalized spacial score (nSPS) is 12.4. The molecule has 0 saturated heterocycles. The van der Waals surface area contributed by atoms with E-state index in [0.717, 1.165) is 0 Å². The third-order valence-electron chi connectivity index (χ3n) is 2.61. The average molecular weight is 295 g/mol. The molecule has 0 saturated carbocycles. The summed E-state index contributed by atoms with van der Waals surface area (Å²) in [5, 5.41) is 12.0. The minimum absolute atomic E-state index is 0.281. The van der Waals surface area contributed by atoms with Crippen LogP contribution in [0.15, 0.2) is 24.3 Å². The second kappa shape index (κ2) is 7.08. The van der Waals surface area contributed by atoms with E-state index >= 15 is 0 Å². The van der Waals surface area contributed by atoms with Crippen molar-refractivity contribution in [3.05, 3.63) is 35.4 Å². The highest BCUT2D eigenvalue weighted by molar-refractivity contribution is 5.89. The van der Waals surface area contributed by atoms with Crippen molar-refractivity contribution in [3.8, 4) is 0 Å². The second-order valence-corrected chi connectivity index (χ2v) is 5.49. The van der Waals surface area contributed by atoms with Crippen molar-refractivity contribution in [3.63, 3.8) is 0 Å². The predicted molar refractivity (Wildman–Crippen MR) is 77.0 cm³/mol. The van der Waals surface area contributed by atoms with Gasteiger partial charge in [-0.2, -0.15) is 0 Å². The lowest BCUT2D eigenvalue weighted by Gasteiger charge is -2.23. The molecule has 6 heteroatoms. The van der Waals surface area contributed by atoms with Gasteiger partial charge in [-0.25, -0.2) is 9.59 Å². The first-order valence-corrected chi connectivity index (χ1v) is 6.55. The van der Waals surface area contributed by atoms with Crippen LogP contribution in [0.3, 0.4) is 0 Å². The zero-order valence-electron chi connectivity index (χ0n) is 12.7. The Bertz CT molecular complexity index is 490. The number of hydrogen-bond acceptors (Lipinski definition) is 5. The van der Waals surface area contributed by atoms with Gasteiger partial charge in [0.2, 0.25) is 0 Å². The summed E-state index contributed by atoms with van der Waals surface area (Å²) in [5.41, 5.74) is 0.449. The van der Waals surface area contributed by atoms with Crippen LogP contribution in [0.2, 0.25) is 0 Å². The number of aliphatic hydroxyl groups is 1. The standard InChI is InChI=1S/C15H21NO5/c1-15(2,3)21-14(19)16-12(9-17)10-5-7-11(8-6-10)13(18)20-4/h5-8,12,17H,9H2,1-4H3,(H,16,19)/t12-/m1/s1. The molecule has 1 aromatic carbocycles. The number of benzene rings is 1. The maximum Gasteiger partial charge on any atom is 0.408 e. The summed E-state index contributed by atoms with van der Waals surface area (Å²) < 4.78 is 9.74. The minimum atomic E-state index is -0.612. The Hall–Kier alpha value is -2.08. The highest BCUT2D eigenvalue weighted by Gasteiger charge is 2.20. The zero-order valence-corrected chi connectivity index (χ0v) is 12.7. The number of esters is 1. The molecule has 0 radical (unpaired) electrons. The fourth-order valence-electron chi connectivity index (χ4n) is 1.65. The molecule has 116 valence electrons. The van der Waals surface area contributed by atoms with Gasteiger partial charge in [0.1, 0.15) is 5.60 Å². The first-order chi connectivity index (χ1) is 9.76. The van der Waals surface area contributed by atoms with E-state index in [1.54, 1.807) is 45.0 Å². The van der Waals surface area contributed by atoms with Crippen LogP contribution in [0.1, 0.15) is 42.7 Å². The van der Waals surface area contributed by atoms with Gasteiger partial charge in [0.05, 0.1) is 25.3 Å². The quantitative estimate of drug-likeness (QED) is 0.830. The van der Waals surface area contributed by atoms with Crippen LogP contribution in [-0.2, 0) is 9.47 Å². The van der Waals surface area contributed by atoms with Gasteiger partial charge in [-0.3, -0.25) is 0 Å². The maximum atomic E-state index is 11.7. The predicted octanol–water partition coefficient (Wildman–Crippen LogP) is 2.03. The van der Waals surface area contributed by atoms with Crippen LogP contribution in [0.4, 0.5) is 4.79 Å². The molecule has 6 nitrogen and oxygen atoms in total. The molecule has 0 aliphatic carbocycles. The molecular weight excluding hydrogens is 274 g/mol. The summed E-state index contributed by atoms with van der Waals surface area (Å²) >= 11 is 0. The monoisotopic (exact) mass is 295 g/mol. The summed E-state index contributed by atoms with van der Waals surface area (Å²) in [6, 6.07) is 5.82. The number of carbonyl (C=O) groups is 2. The molecular formula is C15H21NO5. The Morgan fingerprint density at radius 2 is 1.81 bits per heavy atom. The number of aliphatic hydroxyl groups excluding tert-OH is 1. The first kappa shape index (κ1) is 17.0. The Morgan fingerprint density at radius 3 is 2.24 bits per heavy atom. The number of amides is 1. The van der Waals surface area contributed by atoms with Gasteiger partial charge in [-0.05, 0) is 38.5 Å². The maximum absolute atomic E-state index is 11.7. The van der Waals surface area contributed by atoms with Crippen molar-refractivity contribution < 1.29 is 24.2 Å². The van der Waals surface area contributed by atoms with E-state index < -0.39 is 23.7 Å². The Morgan fingerprint density at radius 1 is 1.24 bits per heavy atom. The molecule has 0 unspecified atom stereocenters. The third kappa shape index (κ3) is 5.43. The van der Waals surface area contributed by atoms with Gasteiger partial charge in [-0.1, -0.05) is 12.1 Å². The summed E-state index contributed by atoms with van der Waals surface area (Å²) in [6.45, 7) is 4.99. The van der Waals surface area contributed by atoms with E-state index in [-0.39, 0.29) is 6.61 Å². The van der Waals surface area contributed by atoms with Crippen LogP contribution in [0.5, 0.6) is 0 Å². The van der Waals surface area contributed by atoms with E-state index in [0.29, 0.717) is 11.1 Å². The van der Waals surface area contributed by atoms with E-state index in [2.05, 4.69) is 10.1 Å². The van der Waals surface area contributed by atoms with Gasteiger partial charge in [-0.15, -0.1) is 0 Å². The van der Waals surface area contributed by atoms with E-state index in [9.17, 15) is 14.7 Å². The number of hydrogen-bond donors (Lipinski definition) is 2. The average Bonchev–Trinajstić information content (AvgIpc) is 2.42. The molecule has 1 amide bonds. The van der Waals surface area contributed by atoms with Crippen molar-refractivity contribution >= 4 is 12.1 Å². The molecule has 0 fully saturated rings. The molecule has 0 spiro atoms. The molecule has 1 rings (SSSR count). The van der Waals surface area contributed by atoms with Gasteiger partial charge < -0.3 is 19.9 Å². The van der Waals surface area contributed by atoms with Crippen LogP contribution in [0.25, 0.3) is 0 Å². The molecule has 0 aromatic heterocycles. The highest BCUT2D eigenvalue weighted by atomic mass is 16.6. The number of methoxy groups -OCH3 is 1. The van der Waals surface area contributed by atoms with Gasteiger partial charge >= 0.3 is 12.1 Å². The lowest BCUT2D eigenvalue weighted by molar-refractivity contribution is 0.0480.